The van der Waals surface area contributed by atoms with Crippen LogP contribution < -0.4 is 5.32 Å². The fraction of sp³-hybridized carbons (Fsp3) is 0.333. The summed E-state index contributed by atoms with van der Waals surface area (Å²) < 4.78 is 27.2. The van der Waals surface area contributed by atoms with Crippen molar-refractivity contribution in [3.63, 3.8) is 0 Å². The average Bonchev–Trinajstić information content (AvgIpc) is 2.91. The summed E-state index contributed by atoms with van der Waals surface area (Å²) in [6.45, 7) is 0.682. The third kappa shape index (κ3) is 3.86. The Hall–Kier alpha value is -1.77. The number of aromatic nitrogens is 2. The molecule has 0 fully saturated rings. The summed E-state index contributed by atoms with van der Waals surface area (Å²) in [6, 6.07) is 6.15. The summed E-state index contributed by atoms with van der Waals surface area (Å²) in [6.07, 6.45) is 1.64. The molecule has 0 spiro atoms. The first kappa shape index (κ1) is 14.6. The Morgan fingerprint density at radius 2 is 2.05 bits per heavy atom. The predicted octanol–water partition coefficient (Wildman–Crippen LogP) is 0.296. The predicted molar refractivity (Wildman–Crippen MR) is 70.5 cm³/mol. The maximum Gasteiger partial charge on any atom is 0.213 e. The van der Waals surface area contributed by atoms with Crippen LogP contribution in [0.15, 0.2) is 40.1 Å². The van der Waals surface area contributed by atoms with Crippen LogP contribution in [0.3, 0.4) is 0 Å². The highest BCUT2D eigenvalue weighted by Crippen LogP contribution is 2.16. The molecule has 2 aromatic rings. The van der Waals surface area contributed by atoms with E-state index in [1.165, 1.54) is 18.5 Å². The highest BCUT2D eigenvalue weighted by molar-refractivity contribution is 7.90. The molecule has 2 rings (SSSR count). The van der Waals surface area contributed by atoms with E-state index in [1.54, 1.807) is 12.1 Å². The summed E-state index contributed by atoms with van der Waals surface area (Å²) in [5, 5.41) is 16.6. The van der Waals surface area contributed by atoms with Crippen molar-refractivity contribution in [1.29, 1.82) is 0 Å². The first-order valence-electron chi connectivity index (χ1n) is 5.91. The molecule has 0 bridgehead atoms. The third-order valence-corrected chi connectivity index (χ3v) is 3.85. The highest BCUT2D eigenvalue weighted by atomic mass is 32.2. The molecule has 1 atom stereocenters. The van der Waals surface area contributed by atoms with Gasteiger partial charge in [-0.2, -0.15) is 4.98 Å². The van der Waals surface area contributed by atoms with Gasteiger partial charge in [-0.15, -0.1) is 0 Å². The van der Waals surface area contributed by atoms with E-state index in [1.807, 2.05) is 0 Å². The Kier molecular flexibility index (Phi) is 4.48. The topological polar surface area (TPSA) is 105 Å². The minimum absolute atomic E-state index is 0.230. The molecule has 1 aromatic carbocycles. The van der Waals surface area contributed by atoms with Gasteiger partial charge in [-0.25, -0.2) is 8.42 Å². The fourth-order valence-electron chi connectivity index (χ4n) is 1.65. The zero-order chi connectivity index (χ0) is 14.6. The SMILES string of the molecule is CS(=O)(=O)c1ccc(C(O)CNCc2ncon2)cc1. The molecule has 0 saturated carbocycles. The smallest absolute Gasteiger partial charge is 0.213 e. The molecular formula is C12H15N3O4S. The maximum atomic E-state index is 11.3. The van der Waals surface area contributed by atoms with Gasteiger partial charge < -0.3 is 14.9 Å². The van der Waals surface area contributed by atoms with Gasteiger partial charge in [-0.05, 0) is 17.7 Å². The van der Waals surface area contributed by atoms with Crippen LogP contribution in [0.1, 0.15) is 17.5 Å². The second-order valence-corrected chi connectivity index (χ2v) is 6.35. The van der Waals surface area contributed by atoms with Crippen LogP contribution in [-0.2, 0) is 16.4 Å². The van der Waals surface area contributed by atoms with Crippen LogP contribution in [0.25, 0.3) is 0 Å². The van der Waals surface area contributed by atoms with Gasteiger partial charge in [0.2, 0.25) is 6.39 Å². The van der Waals surface area contributed by atoms with Crippen LogP contribution in [-0.4, -0.2) is 36.5 Å². The zero-order valence-corrected chi connectivity index (χ0v) is 11.7. The lowest BCUT2D eigenvalue weighted by atomic mass is 10.1. The molecular weight excluding hydrogens is 282 g/mol. The van der Waals surface area contributed by atoms with Gasteiger partial charge in [0.1, 0.15) is 0 Å². The van der Waals surface area contributed by atoms with Gasteiger partial charge in [-0.3, -0.25) is 0 Å². The fourth-order valence-corrected chi connectivity index (χ4v) is 2.28. The van der Waals surface area contributed by atoms with Crippen molar-refractivity contribution >= 4 is 9.84 Å². The van der Waals surface area contributed by atoms with Crippen LogP contribution in [0.5, 0.6) is 0 Å². The highest BCUT2D eigenvalue weighted by Gasteiger charge is 2.11. The van der Waals surface area contributed by atoms with Gasteiger partial charge in [0.25, 0.3) is 0 Å². The number of benzene rings is 1. The lowest BCUT2D eigenvalue weighted by Gasteiger charge is -2.11. The average molecular weight is 297 g/mol. The van der Waals surface area contributed by atoms with Crippen molar-refractivity contribution in [2.45, 2.75) is 17.5 Å². The summed E-state index contributed by atoms with van der Waals surface area (Å²) in [4.78, 5) is 4.07. The van der Waals surface area contributed by atoms with Crippen LogP contribution in [0.2, 0.25) is 0 Å². The number of aliphatic hydroxyl groups is 1. The molecule has 1 aromatic heterocycles. The van der Waals surface area contributed by atoms with Crippen molar-refractivity contribution in [3.8, 4) is 0 Å². The first-order valence-corrected chi connectivity index (χ1v) is 7.80. The molecule has 0 aliphatic heterocycles. The van der Waals surface area contributed by atoms with Crippen molar-refractivity contribution in [3.05, 3.63) is 42.0 Å². The number of rotatable bonds is 6. The second kappa shape index (κ2) is 6.12. The number of hydrogen-bond donors (Lipinski definition) is 2. The lowest BCUT2D eigenvalue weighted by Crippen LogP contribution is -2.21. The number of aliphatic hydroxyl groups excluding tert-OH is 1. The second-order valence-electron chi connectivity index (χ2n) is 4.34. The molecule has 8 heteroatoms. The molecule has 2 N–H and O–H groups in total. The largest absolute Gasteiger partial charge is 0.387 e. The van der Waals surface area contributed by atoms with E-state index in [9.17, 15) is 13.5 Å². The van der Waals surface area contributed by atoms with Crippen LogP contribution in [0.4, 0.5) is 0 Å². The van der Waals surface area contributed by atoms with E-state index in [-0.39, 0.29) is 4.90 Å². The molecule has 0 amide bonds. The van der Waals surface area contributed by atoms with Gasteiger partial charge in [0.15, 0.2) is 15.7 Å². The zero-order valence-electron chi connectivity index (χ0n) is 10.9. The molecule has 0 saturated heterocycles. The third-order valence-electron chi connectivity index (χ3n) is 2.72. The summed E-state index contributed by atoms with van der Waals surface area (Å²) >= 11 is 0. The number of nitrogens with one attached hydrogen (secondary N) is 1. The van der Waals surface area contributed by atoms with E-state index < -0.39 is 15.9 Å². The van der Waals surface area contributed by atoms with E-state index in [4.69, 9.17) is 0 Å². The quantitative estimate of drug-likeness (QED) is 0.789. The van der Waals surface area contributed by atoms with Crippen molar-refractivity contribution < 1.29 is 18.0 Å². The van der Waals surface area contributed by atoms with E-state index >= 15 is 0 Å². The first-order chi connectivity index (χ1) is 9.47. The normalized spacial score (nSPS) is 13.3. The van der Waals surface area contributed by atoms with Gasteiger partial charge in [0.05, 0.1) is 17.5 Å². The molecule has 0 radical (unpaired) electrons. The van der Waals surface area contributed by atoms with Crippen LogP contribution in [0, 0.1) is 0 Å². The Morgan fingerprint density at radius 3 is 2.60 bits per heavy atom. The monoisotopic (exact) mass is 297 g/mol. The minimum Gasteiger partial charge on any atom is -0.387 e. The Balaban J connectivity index is 1.90. The van der Waals surface area contributed by atoms with E-state index in [0.717, 1.165) is 6.26 Å². The van der Waals surface area contributed by atoms with Crippen molar-refractivity contribution in [1.82, 2.24) is 15.5 Å². The molecule has 108 valence electrons. The molecule has 0 aliphatic rings. The molecule has 20 heavy (non-hydrogen) atoms. The lowest BCUT2D eigenvalue weighted by molar-refractivity contribution is 0.174. The van der Waals surface area contributed by atoms with Gasteiger partial charge in [0, 0.05) is 12.8 Å². The molecule has 0 aliphatic carbocycles. The summed E-state index contributed by atoms with van der Waals surface area (Å²) in [5.74, 6) is 0.504. The van der Waals surface area contributed by atoms with Gasteiger partial charge >= 0.3 is 0 Å². The Labute approximate surface area is 116 Å². The number of sulfone groups is 1. The standard InChI is InChI=1S/C12H15N3O4S/c1-20(17,18)10-4-2-9(3-5-10)11(16)6-13-7-12-14-8-19-15-12/h2-5,8,11,13,16H,6-7H2,1H3. The Bertz CT molecular complexity index is 638. The van der Waals surface area contributed by atoms with E-state index in [2.05, 4.69) is 20.0 Å². The van der Waals surface area contributed by atoms with Crippen LogP contribution >= 0.6 is 0 Å². The van der Waals surface area contributed by atoms with Crippen molar-refractivity contribution in [2.75, 3.05) is 12.8 Å². The minimum atomic E-state index is -3.22. The summed E-state index contributed by atoms with van der Waals surface area (Å²) in [5.41, 5.74) is 0.637. The number of hydrogen-bond acceptors (Lipinski definition) is 7. The maximum absolute atomic E-state index is 11.3. The number of nitrogens with zero attached hydrogens (tertiary/aromatic N) is 2. The molecule has 1 heterocycles. The molecule has 1 unspecified atom stereocenters. The Morgan fingerprint density at radius 1 is 1.35 bits per heavy atom. The van der Waals surface area contributed by atoms with Crippen molar-refractivity contribution in [2.24, 2.45) is 0 Å². The molecule has 7 nitrogen and oxygen atoms in total. The van der Waals surface area contributed by atoms with Gasteiger partial charge in [-0.1, -0.05) is 17.3 Å². The van der Waals surface area contributed by atoms with E-state index in [0.29, 0.717) is 24.5 Å². The summed E-state index contributed by atoms with van der Waals surface area (Å²) in [7, 11) is -3.22.